The monoisotopic (exact) mass is 253 g/mol. The van der Waals surface area contributed by atoms with Crippen molar-refractivity contribution < 1.29 is 5.11 Å². The number of hydrogen-bond donors (Lipinski definition) is 2. The van der Waals surface area contributed by atoms with Crippen molar-refractivity contribution in [3.63, 3.8) is 0 Å². The van der Waals surface area contributed by atoms with Gasteiger partial charge in [0.15, 0.2) is 0 Å². The van der Waals surface area contributed by atoms with E-state index >= 15 is 0 Å². The average molecular weight is 253 g/mol. The third-order valence-electron chi connectivity index (χ3n) is 5.32. The molecule has 2 saturated carbocycles. The molecular formula is C16H31NO. The topological polar surface area (TPSA) is 32.3 Å². The Morgan fingerprint density at radius 2 is 1.72 bits per heavy atom. The fourth-order valence-corrected chi connectivity index (χ4v) is 3.45. The Bertz CT molecular complexity index is 257. The van der Waals surface area contributed by atoms with Crippen molar-refractivity contribution in [2.24, 2.45) is 16.7 Å². The molecule has 2 N–H and O–H groups in total. The highest BCUT2D eigenvalue weighted by molar-refractivity contribution is 4.95. The summed E-state index contributed by atoms with van der Waals surface area (Å²) in [6, 6.07) is 0.736. The van der Waals surface area contributed by atoms with Crippen molar-refractivity contribution in [3.05, 3.63) is 0 Å². The van der Waals surface area contributed by atoms with Gasteiger partial charge in [0.1, 0.15) is 0 Å². The van der Waals surface area contributed by atoms with Gasteiger partial charge in [0.25, 0.3) is 0 Å². The maximum Gasteiger partial charge on any atom is 0.0436 e. The molecule has 2 aliphatic rings. The molecule has 0 amide bonds. The summed E-state index contributed by atoms with van der Waals surface area (Å²) in [5.41, 5.74) is 0.954. The van der Waals surface area contributed by atoms with Crippen LogP contribution in [0.4, 0.5) is 0 Å². The molecule has 106 valence electrons. The molecule has 0 aromatic heterocycles. The first-order valence-electron chi connectivity index (χ1n) is 7.79. The van der Waals surface area contributed by atoms with E-state index in [1.54, 1.807) is 0 Å². The third-order valence-corrected chi connectivity index (χ3v) is 5.32. The summed E-state index contributed by atoms with van der Waals surface area (Å²) in [5, 5.41) is 12.8. The van der Waals surface area contributed by atoms with Crippen LogP contribution >= 0.6 is 0 Å². The van der Waals surface area contributed by atoms with Crippen LogP contribution in [0.15, 0.2) is 0 Å². The number of aliphatic hydroxyl groups is 1. The Balaban J connectivity index is 1.68. The van der Waals surface area contributed by atoms with Crippen molar-refractivity contribution in [2.75, 3.05) is 13.2 Å². The van der Waals surface area contributed by atoms with Crippen molar-refractivity contribution in [3.8, 4) is 0 Å². The lowest BCUT2D eigenvalue weighted by Crippen LogP contribution is -2.39. The summed E-state index contributed by atoms with van der Waals surface area (Å²) in [5.74, 6) is 0.905. The molecule has 18 heavy (non-hydrogen) atoms. The summed E-state index contributed by atoms with van der Waals surface area (Å²) >= 11 is 0. The third kappa shape index (κ3) is 3.71. The summed E-state index contributed by atoms with van der Waals surface area (Å²) in [7, 11) is 0. The van der Waals surface area contributed by atoms with E-state index in [4.69, 9.17) is 5.11 Å². The molecule has 2 rings (SSSR count). The Hall–Kier alpha value is -0.0800. The molecule has 0 bridgehead atoms. The van der Waals surface area contributed by atoms with E-state index in [0.717, 1.165) is 24.9 Å². The lowest BCUT2D eigenvalue weighted by atomic mass is 9.71. The molecule has 0 aromatic rings. The van der Waals surface area contributed by atoms with E-state index in [0.29, 0.717) is 17.4 Å². The van der Waals surface area contributed by atoms with Gasteiger partial charge in [-0.25, -0.2) is 0 Å². The van der Waals surface area contributed by atoms with Crippen LogP contribution in [0.3, 0.4) is 0 Å². The Morgan fingerprint density at radius 3 is 2.17 bits per heavy atom. The van der Waals surface area contributed by atoms with Crippen LogP contribution in [-0.2, 0) is 0 Å². The summed E-state index contributed by atoms with van der Waals surface area (Å²) in [6.45, 7) is 8.64. The Labute approximate surface area is 113 Å². The maximum absolute atomic E-state index is 9.08. The second-order valence-corrected chi connectivity index (χ2v) is 7.77. The van der Waals surface area contributed by atoms with Gasteiger partial charge in [0.05, 0.1) is 0 Å². The molecule has 0 spiro atoms. The molecule has 2 heteroatoms. The van der Waals surface area contributed by atoms with Crippen LogP contribution in [-0.4, -0.2) is 24.3 Å². The average Bonchev–Trinajstić information content (AvgIpc) is 3.07. The van der Waals surface area contributed by atoms with Gasteiger partial charge in [-0.15, -0.1) is 0 Å². The molecule has 0 atom stereocenters. The predicted molar refractivity (Wildman–Crippen MR) is 76.6 cm³/mol. The number of aliphatic hydroxyl groups excluding tert-OH is 1. The molecule has 2 aliphatic carbocycles. The number of rotatable bonds is 5. The Morgan fingerprint density at radius 1 is 1.11 bits per heavy atom. The molecule has 0 heterocycles. The van der Waals surface area contributed by atoms with Gasteiger partial charge in [0.2, 0.25) is 0 Å². The minimum absolute atomic E-state index is 0.360. The zero-order valence-electron chi connectivity index (χ0n) is 12.5. The normalized spacial score (nSPS) is 31.3. The highest BCUT2D eigenvalue weighted by atomic mass is 16.3. The minimum atomic E-state index is 0.360. The van der Waals surface area contributed by atoms with Crippen LogP contribution in [0.5, 0.6) is 0 Å². The van der Waals surface area contributed by atoms with Crippen molar-refractivity contribution >= 4 is 0 Å². The quantitative estimate of drug-likeness (QED) is 0.787. The Kier molecular flexibility index (Phi) is 4.38. The van der Waals surface area contributed by atoms with Gasteiger partial charge in [0, 0.05) is 19.2 Å². The molecule has 0 aliphatic heterocycles. The second kappa shape index (κ2) is 5.50. The molecule has 0 aromatic carbocycles. The van der Waals surface area contributed by atoms with Crippen LogP contribution in [0.2, 0.25) is 0 Å². The highest BCUT2D eigenvalue weighted by Crippen LogP contribution is 2.48. The van der Waals surface area contributed by atoms with Crippen LogP contribution < -0.4 is 5.32 Å². The molecule has 2 nitrogen and oxygen atoms in total. The number of nitrogens with one attached hydrogen (secondary N) is 1. The van der Waals surface area contributed by atoms with Gasteiger partial charge < -0.3 is 10.4 Å². The van der Waals surface area contributed by atoms with Gasteiger partial charge in [-0.2, -0.15) is 0 Å². The zero-order chi connectivity index (χ0) is 13.2. The fourth-order valence-electron chi connectivity index (χ4n) is 3.45. The van der Waals surface area contributed by atoms with E-state index in [1.165, 1.54) is 38.5 Å². The molecule has 0 radical (unpaired) electrons. The van der Waals surface area contributed by atoms with Crippen molar-refractivity contribution in [1.82, 2.24) is 5.32 Å². The lowest BCUT2D eigenvalue weighted by molar-refractivity contribution is 0.156. The van der Waals surface area contributed by atoms with Crippen molar-refractivity contribution in [1.29, 1.82) is 0 Å². The van der Waals surface area contributed by atoms with E-state index in [2.05, 4.69) is 26.1 Å². The molecule has 2 fully saturated rings. The van der Waals surface area contributed by atoms with Crippen LogP contribution in [0.25, 0.3) is 0 Å². The SMILES string of the molecule is CC(C)(C)C1CCC(NCC2(CCO)CC2)CC1. The second-order valence-electron chi connectivity index (χ2n) is 7.77. The predicted octanol–water partition coefficient (Wildman–Crippen LogP) is 3.34. The number of hydrogen-bond acceptors (Lipinski definition) is 2. The first-order chi connectivity index (χ1) is 8.45. The zero-order valence-corrected chi connectivity index (χ0v) is 12.5. The summed E-state index contributed by atoms with van der Waals surface area (Å²) < 4.78 is 0. The van der Waals surface area contributed by atoms with Crippen LogP contribution in [0, 0.1) is 16.7 Å². The van der Waals surface area contributed by atoms with E-state index in [1.807, 2.05) is 0 Å². The van der Waals surface area contributed by atoms with E-state index < -0.39 is 0 Å². The van der Waals surface area contributed by atoms with Gasteiger partial charge in [-0.05, 0) is 61.7 Å². The van der Waals surface area contributed by atoms with Crippen LogP contribution in [0.1, 0.15) is 65.7 Å². The highest BCUT2D eigenvalue weighted by Gasteiger charge is 2.42. The van der Waals surface area contributed by atoms with Crippen molar-refractivity contribution in [2.45, 2.75) is 71.8 Å². The summed E-state index contributed by atoms with van der Waals surface area (Å²) in [4.78, 5) is 0. The van der Waals surface area contributed by atoms with Gasteiger partial charge >= 0.3 is 0 Å². The van der Waals surface area contributed by atoms with Gasteiger partial charge in [-0.3, -0.25) is 0 Å². The molecule has 0 unspecified atom stereocenters. The minimum Gasteiger partial charge on any atom is -0.396 e. The smallest absolute Gasteiger partial charge is 0.0436 e. The molecule has 0 saturated heterocycles. The summed E-state index contributed by atoms with van der Waals surface area (Å²) in [6.07, 6.45) is 9.09. The van der Waals surface area contributed by atoms with E-state index in [-0.39, 0.29) is 0 Å². The first-order valence-corrected chi connectivity index (χ1v) is 7.79. The molecular weight excluding hydrogens is 222 g/mol. The van der Waals surface area contributed by atoms with Gasteiger partial charge in [-0.1, -0.05) is 20.8 Å². The maximum atomic E-state index is 9.08. The lowest BCUT2D eigenvalue weighted by Gasteiger charge is -2.37. The standard InChI is InChI=1S/C16H31NO/c1-15(2,3)13-4-6-14(7-5-13)17-12-16(8-9-16)10-11-18/h13-14,17-18H,4-12H2,1-3H3. The first kappa shape index (κ1) is 14.3. The van der Waals surface area contributed by atoms with E-state index in [9.17, 15) is 0 Å². The fraction of sp³-hybridized carbons (Fsp3) is 1.00. The largest absolute Gasteiger partial charge is 0.396 e.